The lowest BCUT2D eigenvalue weighted by Crippen LogP contribution is -2.39. The summed E-state index contributed by atoms with van der Waals surface area (Å²) in [5.41, 5.74) is -0.113. The molecule has 1 aliphatic carbocycles. The number of nitrogens with zero attached hydrogens (tertiary/aromatic N) is 2. The second-order valence-electron chi connectivity index (χ2n) is 12.5. The molecule has 0 bridgehead atoms. The van der Waals surface area contributed by atoms with Crippen molar-refractivity contribution in [3.05, 3.63) is 78.5 Å². The minimum absolute atomic E-state index is 0.0577. The minimum atomic E-state index is -1.27. The topological polar surface area (TPSA) is 102 Å². The molecule has 11 heteroatoms. The van der Waals surface area contributed by atoms with Crippen LogP contribution in [0.1, 0.15) is 39.5 Å². The van der Waals surface area contributed by atoms with E-state index in [1.807, 2.05) is 0 Å². The number of ether oxygens (including phenoxy) is 3. The molecule has 1 aromatic heterocycles. The van der Waals surface area contributed by atoms with E-state index in [1.54, 1.807) is 31.5 Å². The van der Waals surface area contributed by atoms with E-state index in [9.17, 15) is 14.0 Å². The van der Waals surface area contributed by atoms with Crippen LogP contribution in [-0.2, 0) is 9.59 Å². The molecule has 2 aliphatic rings. The van der Waals surface area contributed by atoms with Gasteiger partial charge in [-0.05, 0) is 107 Å². The summed E-state index contributed by atoms with van der Waals surface area (Å²) in [5.74, 6) is -0.313. The minimum Gasteiger partial charge on any atom is -0.493 e. The zero-order chi connectivity index (χ0) is 33.1. The van der Waals surface area contributed by atoms with Crippen molar-refractivity contribution in [1.29, 1.82) is 0 Å². The molecule has 1 saturated heterocycles. The van der Waals surface area contributed by atoms with Gasteiger partial charge < -0.3 is 29.7 Å². The van der Waals surface area contributed by atoms with Crippen molar-refractivity contribution in [2.75, 3.05) is 37.4 Å². The van der Waals surface area contributed by atoms with Gasteiger partial charge in [0, 0.05) is 41.1 Å². The number of hydrogen-bond donors (Lipinski definition) is 2. The van der Waals surface area contributed by atoms with Crippen LogP contribution in [0.4, 0.5) is 20.2 Å². The Labute approximate surface area is 272 Å². The first-order valence-corrected chi connectivity index (χ1v) is 15.8. The van der Waals surface area contributed by atoms with Gasteiger partial charge in [-0.3, -0.25) is 14.6 Å². The van der Waals surface area contributed by atoms with Crippen molar-refractivity contribution in [2.45, 2.75) is 45.6 Å². The molecule has 1 saturated carbocycles. The smallest absolute Gasteiger partial charge is 0.240 e. The Morgan fingerprint density at radius 2 is 1.57 bits per heavy atom. The lowest BCUT2D eigenvalue weighted by atomic mass is 9.97. The lowest BCUT2D eigenvalue weighted by Gasteiger charge is -2.34. The molecule has 0 unspecified atom stereocenters. The first-order chi connectivity index (χ1) is 22.6. The predicted molar refractivity (Wildman–Crippen MR) is 175 cm³/mol. The summed E-state index contributed by atoms with van der Waals surface area (Å²) in [4.78, 5) is 32.9. The van der Waals surface area contributed by atoms with Gasteiger partial charge in [0.1, 0.15) is 17.0 Å². The van der Waals surface area contributed by atoms with Crippen molar-refractivity contribution in [2.24, 2.45) is 11.3 Å². The molecule has 3 aromatic carbocycles. The van der Waals surface area contributed by atoms with Gasteiger partial charge in [0.05, 0.1) is 19.2 Å². The van der Waals surface area contributed by atoms with Crippen LogP contribution in [0.5, 0.6) is 23.0 Å². The highest BCUT2D eigenvalue weighted by Gasteiger charge is 2.56. The molecular weight excluding hydrogens is 606 g/mol. The van der Waals surface area contributed by atoms with Crippen LogP contribution in [0, 0.1) is 23.0 Å². The largest absolute Gasteiger partial charge is 0.493 e. The highest BCUT2D eigenvalue weighted by atomic mass is 19.1. The zero-order valence-electron chi connectivity index (χ0n) is 26.6. The Bertz CT molecular complexity index is 1770. The summed E-state index contributed by atoms with van der Waals surface area (Å²) in [6, 6.07) is 15.1. The number of fused-ring (bicyclic) bond motifs is 1. The van der Waals surface area contributed by atoms with Gasteiger partial charge in [-0.15, -0.1) is 0 Å². The van der Waals surface area contributed by atoms with Crippen LogP contribution in [0.15, 0.2) is 66.9 Å². The van der Waals surface area contributed by atoms with E-state index in [4.69, 9.17) is 14.2 Å². The molecule has 0 spiro atoms. The molecule has 4 aromatic rings. The van der Waals surface area contributed by atoms with E-state index in [1.165, 1.54) is 36.4 Å². The lowest BCUT2D eigenvalue weighted by molar-refractivity contribution is -0.131. The van der Waals surface area contributed by atoms with Crippen molar-refractivity contribution >= 4 is 34.1 Å². The van der Waals surface area contributed by atoms with Crippen LogP contribution in [0.3, 0.4) is 0 Å². The van der Waals surface area contributed by atoms with E-state index in [0.717, 1.165) is 32.0 Å². The van der Waals surface area contributed by atoms with Crippen LogP contribution in [0.25, 0.3) is 10.9 Å². The molecule has 2 N–H and O–H groups in total. The molecular formula is C36H38F2N4O5. The number of rotatable bonds is 11. The molecule has 47 heavy (non-hydrogen) atoms. The van der Waals surface area contributed by atoms with Crippen LogP contribution in [-0.4, -0.2) is 54.5 Å². The molecule has 246 valence electrons. The molecule has 6 rings (SSSR count). The number of methoxy groups -OCH3 is 1. The molecule has 2 amide bonds. The summed E-state index contributed by atoms with van der Waals surface area (Å²) in [7, 11) is 1.57. The fraction of sp³-hybridized carbons (Fsp3) is 0.361. The summed E-state index contributed by atoms with van der Waals surface area (Å²) in [6.45, 7) is 7.14. The fourth-order valence-corrected chi connectivity index (χ4v) is 5.83. The number of hydrogen-bond acceptors (Lipinski definition) is 7. The number of carbonyl (C=O) groups is 2. The highest BCUT2D eigenvalue weighted by Crippen LogP contribution is 2.48. The van der Waals surface area contributed by atoms with Gasteiger partial charge in [0.2, 0.25) is 11.8 Å². The standard InChI is InChI=1S/C36H38F2N4O5/c1-22(2)42-16-11-23(12-17-42)21-46-33-20-29-27(19-32(33)45-3)30(10-15-39-29)47-31-9-8-26(18-28(31)38)41-35(44)36(13-14-36)34(43)40-25-6-4-24(37)5-7-25/h4-10,15,18-20,22-23H,11-14,16-17,21H2,1-3H3,(H,40,43)(H,41,44). The number of benzene rings is 3. The normalized spacial score (nSPS) is 16.1. The van der Waals surface area contributed by atoms with Gasteiger partial charge in [-0.1, -0.05) is 0 Å². The number of piperidine rings is 1. The Hall–Kier alpha value is -4.77. The van der Waals surface area contributed by atoms with Gasteiger partial charge in [-0.2, -0.15) is 0 Å². The Balaban J connectivity index is 1.11. The van der Waals surface area contributed by atoms with E-state index in [-0.39, 0.29) is 11.4 Å². The molecule has 0 radical (unpaired) electrons. The quantitative estimate of drug-likeness (QED) is 0.167. The summed E-state index contributed by atoms with van der Waals surface area (Å²) >= 11 is 0. The maximum absolute atomic E-state index is 15.3. The van der Waals surface area contributed by atoms with Crippen molar-refractivity contribution < 1.29 is 32.6 Å². The summed E-state index contributed by atoms with van der Waals surface area (Å²) in [5, 5.41) is 5.92. The van der Waals surface area contributed by atoms with Gasteiger partial charge in [0.25, 0.3) is 0 Å². The number of amides is 2. The number of pyridine rings is 1. The van der Waals surface area contributed by atoms with Crippen molar-refractivity contribution in [3.63, 3.8) is 0 Å². The molecule has 9 nitrogen and oxygen atoms in total. The third-order valence-electron chi connectivity index (χ3n) is 8.97. The summed E-state index contributed by atoms with van der Waals surface area (Å²) in [6.07, 6.45) is 4.42. The van der Waals surface area contributed by atoms with E-state index >= 15 is 4.39 Å². The second-order valence-corrected chi connectivity index (χ2v) is 12.5. The van der Waals surface area contributed by atoms with Crippen LogP contribution < -0.4 is 24.8 Å². The highest BCUT2D eigenvalue weighted by molar-refractivity contribution is 6.16. The van der Waals surface area contributed by atoms with Gasteiger partial charge in [0.15, 0.2) is 23.1 Å². The average Bonchev–Trinajstić information content (AvgIpc) is 3.88. The number of anilines is 2. The first-order valence-electron chi connectivity index (χ1n) is 15.8. The second kappa shape index (κ2) is 13.5. The molecule has 2 heterocycles. The number of likely N-dealkylation sites (tertiary alicyclic amines) is 1. The van der Waals surface area contributed by atoms with Crippen LogP contribution >= 0.6 is 0 Å². The van der Waals surface area contributed by atoms with Crippen LogP contribution in [0.2, 0.25) is 0 Å². The maximum atomic E-state index is 15.3. The Morgan fingerprint density at radius 1 is 0.894 bits per heavy atom. The van der Waals surface area contributed by atoms with E-state index in [0.29, 0.717) is 65.2 Å². The zero-order valence-corrected chi connectivity index (χ0v) is 26.6. The van der Waals surface area contributed by atoms with Crippen molar-refractivity contribution in [3.8, 4) is 23.0 Å². The molecule has 0 atom stereocenters. The summed E-state index contributed by atoms with van der Waals surface area (Å²) < 4.78 is 46.3. The van der Waals surface area contributed by atoms with E-state index in [2.05, 4.69) is 34.4 Å². The Morgan fingerprint density at radius 3 is 2.21 bits per heavy atom. The van der Waals surface area contributed by atoms with Gasteiger partial charge in [-0.25, -0.2) is 8.78 Å². The molecule has 2 fully saturated rings. The monoisotopic (exact) mass is 644 g/mol. The maximum Gasteiger partial charge on any atom is 0.240 e. The number of halogens is 2. The van der Waals surface area contributed by atoms with Crippen molar-refractivity contribution in [1.82, 2.24) is 9.88 Å². The average molecular weight is 645 g/mol. The predicted octanol–water partition coefficient (Wildman–Crippen LogP) is 7.17. The SMILES string of the molecule is COc1cc2c(Oc3ccc(NC(=O)C4(C(=O)Nc5ccc(F)cc5)CC4)cc3F)ccnc2cc1OCC1CCN(C(C)C)CC1. The van der Waals surface area contributed by atoms with E-state index < -0.39 is 28.9 Å². The first kappa shape index (κ1) is 32.2. The third kappa shape index (κ3) is 7.15. The number of nitrogens with one attached hydrogen (secondary N) is 2. The molecule has 1 aliphatic heterocycles. The van der Waals surface area contributed by atoms with Gasteiger partial charge >= 0.3 is 0 Å². The Kier molecular flexibility index (Phi) is 9.26. The number of carbonyl (C=O) groups excluding carboxylic acids is 2. The number of aromatic nitrogens is 1. The third-order valence-corrected chi connectivity index (χ3v) is 8.97. The fourth-order valence-electron chi connectivity index (χ4n) is 5.83.